The van der Waals surface area contributed by atoms with Crippen LogP contribution in [0.4, 0.5) is 22.5 Å². The van der Waals surface area contributed by atoms with Gasteiger partial charge in [0.25, 0.3) is 5.91 Å². The first-order valence-corrected chi connectivity index (χ1v) is 16.7. The molecule has 3 heterocycles. The smallest absolute Gasteiger partial charge is 0.408 e. The number of thiazole rings is 1. The molecule has 1 saturated heterocycles. The van der Waals surface area contributed by atoms with E-state index in [4.69, 9.17) is 30.9 Å². The van der Waals surface area contributed by atoms with E-state index in [0.29, 0.717) is 83.9 Å². The van der Waals surface area contributed by atoms with Crippen LogP contribution in [0.1, 0.15) is 34.9 Å². The van der Waals surface area contributed by atoms with Gasteiger partial charge in [-0.05, 0) is 39.3 Å². The van der Waals surface area contributed by atoms with Gasteiger partial charge in [-0.3, -0.25) is 13.8 Å². The molecule has 4 rings (SSSR count). The normalized spacial score (nSPS) is 13.6. The average molecular weight is 696 g/mol. The summed E-state index contributed by atoms with van der Waals surface area (Å²) in [4.78, 5) is 47.8. The SMILES string of the molecule is CCOP(=O)(OCC)N1CCN(c2cc(Nc3ncc(C(=O)Nc4c(C)cccc4Cl)s3)nc(C)n2)CC1.O=C(O)/C=C/C(=O)O. The third kappa shape index (κ3) is 10.6. The predicted octanol–water partition coefficient (Wildman–Crippen LogP) is 5.21. The lowest BCUT2D eigenvalue weighted by molar-refractivity contribution is -0.134. The van der Waals surface area contributed by atoms with E-state index >= 15 is 0 Å². The van der Waals surface area contributed by atoms with Gasteiger partial charge in [0.05, 0.1) is 30.1 Å². The topological polar surface area (TPSA) is 196 Å². The summed E-state index contributed by atoms with van der Waals surface area (Å²) >= 11 is 7.45. The van der Waals surface area contributed by atoms with Crippen LogP contribution in [-0.2, 0) is 23.2 Å². The van der Waals surface area contributed by atoms with Crippen molar-refractivity contribution in [1.29, 1.82) is 0 Å². The van der Waals surface area contributed by atoms with E-state index in [1.807, 2.05) is 32.0 Å². The number of carbonyl (C=O) groups excluding carboxylic acids is 1. The summed E-state index contributed by atoms with van der Waals surface area (Å²) in [7, 11) is -3.30. The minimum absolute atomic E-state index is 0.291. The molecule has 4 N–H and O–H groups in total. The lowest BCUT2D eigenvalue weighted by atomic mass is 10.2. The predicted molar refractivity (Wildman–Crippen MR) is 175 cm³/mol. The van der Waals surface area contributed by atoms with Crippen LogP contribution in [0.15, 0.2) is 42.6 Å². The van der Waals surface area contributed by atoms with E-state index in [0.717, 1.165) is 11.4 Å². The Morgan fingerprint density at radius 1 is 1.04 bits per heavy atom. The van der Waals surface area contributed by atoms with E-state index in [1.165, 1.54) is 17.5 Å². The van der Waals surface area contributed by atoms with Gasteiger partial charge < -0.3 is 25.7 Å². The lowest BCUT2D eigenvalue weighted by Gasteiger charge is -2.37. The summed E-state index contributed by atoms with van der Waals surface area (Å²) in [6.45, 7) is 10.2. The van der Waals surface area contributed by atoms with Crippen LogP contribution < -0.4 is 15.5 Å². The highest BCUT2D eigenvalue weighted by molar-refractivity contribution is 7.51. The molecule has 1 aromatic carbocycles. The van der Waals surface area contributed by atoms with Gasteiger partial charge in [0.1, 0.15) is 22.3 Å². The summed E-state index contributed by atoms with van der Waals surface area (Å²) in [5, 5.41) is 22.7. The molecule has 2 aromatic heterocycles. The standard InChI is InChI=1S/C24H31ClN7O4PS.C4H4O4/c1-5-35-37(34,36-6-2)32-12-10-31(11-13-32)21-14-20(27-17(4)28-21)29-24-26-15-19(38-24)23(33)30-22-16(3)8-7-9-18(22)25;5-3(6)1-2-4(7)8/h7-9,14-15H,5-6,10-13H2,1-4H3,(H,30,33)(H,26,27,28,29);1-2H,(H,5,6)(H,7,8)/b;2-1+. The maximum absolute atomic E-state index is 13.1. The average Bonchev–Trinajstić information content (AvgIpc) is 3.47. The number of aliphatic carboxylic acids is 2. The van der Waals surface area contributed by atoms with Crippen LogP contribution in [0.25, 0.3) is 0 Å². The van der Waals surface area contributed by atoms with Crippen molar-refractivity contribution in [2.45, 2.75) is 27.7 Å². The van der Waals surface area contributed by atoms with E-state index in [-0.39, 0.29) is 5.91 Å². The molecule has 0 unspecified atom stereocenters. The Labute approximate surface area is 274 Å². The molecule has 0 aliphatic carbocycles. The summed E-state index contributed by atoms with van der Waals surface area (Å²) in [5.74, 6) is -0.913. The fraction of sp³-hybridized carbons (Fsp3) is 0.357. The number of aromatic nitrogens is 3. The molecule has 0 bridgehead atoms. The number of nitrogens with zero attached hydrogens (tertiary/aromatic N) is 5. The molecule has 15 nitrogen and oxygen atoms in total. The first-order chi connectivity index (χ1) is 21.8. The summed E-state index contributed by atoms with van der Waals surface area (Å²) in [6.07, 6.45) is 2.63. The molecular weight excluding hydrogens is 661 g/mol. The van der Waals surface area contributed by atoms with Gasteiger partial charge in [0.15, 0.2) is 5.13 Å². The molecule has 46 heavy (non-hydrogen) atoms. The minimum Gasteiger partial charge on any atom is -0.478 e. The number of para-hydroxylation sites is 1. The number of benzene rings is 1. The molecule has 1 aliphatic rings. The first-order valence-electron chi connectivity index (χ1n) is 14.0. The number of aryl methyl sites for hydroxylation is 2. The van der Waals surface area contributed by atoms with Crippen LogP contribution in [0.3, 0.4) is 0 Å². The Morgan fingerprint density at radius 2 is 1.67 bits per heavy atom. The number of halogens is 1. The largest absolute Gasteiger partial charge is 0.478 e. The second-order valence-corrected chi connectivity index (χ2v) is 12.9. The lowest BCUT2D eigenvalue weighted by Crippen LogP contribution is -2.45. The molecular formula is C28H35ClN7O8PS. The molecule has 248 valence electrons. The molecule has 0 atom stereocenters. The third-order valence-electron chi connectivity index (χ3n) is 6.13. The summed E-state index contributed by atoms with van der Waals surface area (Å²) in [6, 6.07) is 7.28. The molecule has 1 fully saturated rings. The van der Waals surface area contributed by atoms with Crippen LogP contribution in [-0.4, -0.2) is 87.1 Å². The third-order valence-corrected chi connectivity index (χ3v) is 9.62. The van der Waals surface area contributed by atoms with Gasteiger partial charge in [-0.2, -0.15) is 0 Å². The van der Waals surface area contributed by atoms with Crippen molar-refractivity contribution in [2.24, 2.45) is 0 Å². The van der Waals surface area contributed by atoms with Crippen LogP contribution in [0.2, 0.25) is 5.02 Å². The molecule has 1 aliphatic heterocycles. The van der Waals surface area contributed by atoms with Gasteiger partial charge in [0, 0.05) is 44.4 Å². The van der Waals surface area contributed by atoms with E-state index < -0.39 is 19.7 Å². The summed E-state index contributed by atoms with van der Waals surface area (Å²) in [5.41, 5.74) is 1.45. The van der Waals surface area contributed by atoms with Gasteiger partial charge in [-0.25, -0.2) is 33.8 Å². The van der Waals surface area contributed by atoms with Crippen molar-refractivity contribution >= 4 is 71.0 Å². The van der Waals surface area contributed by atoms with Crippen LogP contribution in [0.5, 0.6) is 0 Å². The van der Waals surface area contributed by atoms with Crippen molar-refractivity contribution in [3.63, 3.8) is 0 Å². The van der Waals surface area contributed by atoms with Crippen molar-refractivity contribution in [3.05, 3.63) is 63.9 Å². The van der Waals surface area contributed by atoms with Crippen LogP contribution in [0, 0.1) is 13.8 Å². The van der Waals surface area contributed by atoms with Gasteiger partial charge in [0.2, 0.25) is 0 Å². The van der Waals surface area contributed by atoms with E-state index in [9.17, 15) is 18.9 Å². The Balaban J connectivity index is 0.000000637. The number of carbonyl (C=O) groups is 3. The van der Waals surface area contributed by atoms with E-state index in [1.54, 1.807) is 24.6 Å². The van der Waals surface area contributed by atoms with Crippen molar-refractivity contribution < 1.29 is 38.2 Å². The van der Waals surface area contributed by atoms with Crippen LogP contribution >= 0.6 is 30.7 Å². The molecule has 0 saturated carbocycles. The first kappa shape index (κ1) is 36.5. The van der Waals surface area contributed by atoms with Gasteiger partial charge in [-0.1, -0.05) is 35.1 Å². The van der Waals surface area contributed by atoms with Gasteiger partial charge >= 0.3 is 19.7 Å². The maximum atomic E-state index is 13.1. The number of hydrogen-bond donors (Lipinski definition) is 4. The zero-order valence-corrected chi connectivity index (χ0v) is 28.1. The number of nitrogens with one attached hydrogen (secondary N) is 2. The highest BCUT2D eigenvalue weighted by Crippen LogP contribution is 2.52. The second kappa shape index (κ2) is 17.1. The Morgan fingerprint density at radius 3 is 2.24 bits per heavy atom. The Bertz CT molecular complexity index is 1570. The molecule has 0 radical (unpaired) electrons. The maximum Gasteiger partial charge on any atom is 0.408 e. The summed E-state index contributed by atoms with van der Waals surface area (Å²) < 4.78 is 25.8. The quantitative estimate of drug-likeness (QED) is 0.142. The second-order valence-electron chi connectivity index (χ2n) is 9.45. The number of anilines is 4. The van der Waals surface area contributed by atoms with Crippen molar-refractivity contribution in [1.82, 2.24) is 19.6 Å². The number of amides is 1. The van der Waals surface area contributed by atoms with Crippen molar-refractivity contribution in [3.8, 4) is 0 Å². The fourth-order valence-electron chi connectivity index (χ4n) is 4.13. The highest BCUT2D eigenvalue weighted by Gasteiger charge is 2.35. The molecule has 0 spiro atoms. The number of rotatable bonds is 12. The number of piperazine rings is 1. The highest BCUT2D eigenvalue weighted by atomic mass is 35.5. The van der Waals surface area contributed by atoms with E-state index in [2.05, 4.69) is 30.5 Å². The molecule has 18 heteroatoms. The minimum atomic E-state index is -3.30. The zero-order chi connectivity index (χ0) is 33.9. The zero-order valence-electron chi connectivity index (χ0n) is 25.6. The van der Waals surface area contributed by atoms with Crippen molar-refractivity contribution in [2.75, 3.05) is 54.9 Å². The Kier molecular flexibility index (Phi) is 13.6. The Hall–Kier alpha value is -3.92. The fourth-order valence-corrected chi connectivity index (χ4v) is 6.84. The van der Waals surface area contributed by atoms with Gasteiger partial charge in [-0.15, -0.1) is 0 Å². The number of hydrogen-bond acceptors (Lipinski definition) is 12. The number of carboxylic acid groups (broad SMARTS) is 2. The number of carboxylic acids is 2. The monoisotopic (exact) mass is 695 g/mol. The molecule has 1 amide bonds. The molecule has 3 aromatic rings.